The minimum Gasteiger partial charge on any atom is -0.299 e. The Morgan fingerprint density at radius 2 is 1.82 bits per heavy atom. The molecule has 3 atom stereocenters. The highest BCUT2D eigenvalue weighted by molar-refractivity contribution is 6.01. The summed E-state index contributed by atoms with van der Waals surface area (Å²) in [5.74, 6) is 0.993. The van der Waals surface area contributed by atoms with Crippen LogP contribution in [0, 0.1) is 23.2 Å². The number of carbonyl (C=O) groups excluding carboxylic acids is 2. The Kier molecular flexibility index (Phi) is 5.09. The molecular formula is C20H30O2. The van der Waals surface area contributed by atoms with Crippen LogP contribution in [0.5, 0.6) is 0 Å². The van der Waals surface area contributed by atoms with E-state index in [0.717, 1.165) is 31.3 Å². The Labute approximate surface area is 135 Å². The molecule has 0 aromatic heterocycles. The molecule has 1 saturated carbocycles. The van der Waals surface area contributed by atoms with Gasteiger partial charge in [-0.3, -0.25) is 9.59 Å². The number of fused-ring (bicyclic) bond motifs is 1. The van der Waals surface area contributed by atoms with E-state index in [1.807, 2.05) is 19.9 Å². The van der Waals surface area contributed by atoms with Crippen molar-refractivity contribution >= 4 is 11.6 Å². The SMILES string of the molecule is CC1=CCC/C(C)=C\C(=O)[C@]2(C)CC(=O)[C@H](C(C)C)[C@H]2CC1. The van der Waals surface area contributed by atoms with Crippen LogP contribution < -0.4 is 0 Å². The third-order valence-electron chi connectivity index (χ3n) is 5.70. The molecule has 2 aliphatic rings. The molecule has 0 aliphatic heterocycles. The molecule has 2 nitrogen and oxygen atoms in total. The van der Waals surface area contributed by atoms with Gasteiger partial charge in [-0.2, -0.15) is 0 Å². The van der Waals surface area contributed by atoms with Crippen molar-refractivity contribution in [3.63, 3.8) is 0 Å². The summed E-state index contributed by atoms with van der Waals surface area (Å²) in [4.78, 5) is 25.5. The van der Waals surface area contributed by atoms with E-state index >= 15 is 0 Å². The molecule has 2 heteroatoms. The fourth-order valence-corrected chi connectivity index (χ4v) is 4.33. The van der Waals surface area contributed by atoms with Crippen molar-refractivity contribution in [3.8, 4) is 0 Å². The Morgan fingerprint density at radius 1 is 1.14 bits per heavy atom. The summed E-state index contributed by atoms with van der Waals surface area (Å²) in [5, 5.41) is 0. The zero-order valence-electron chi connectivity index (χ0n) is 14.7. The van der Waals surface area contributed by atoms with E-state index in [4.69, 9.17) is 0 Å². The summed E-state index contributed by atoms with van der Waals surface area (Å²) < 4.78 is 0. The summed E-state index contributed by atoms with van der Waals surface area (Å²) >= 11 is 0. The van der Waals surface area contributed by atoms with Gasteiger partial charge in [0.05, 0.1) is 0 Å². The summed E-state index contributed by atoms with van der Waals surface area (Å²) in [6, 6.07) is 0. The molecule has 0 bridgehead atoms. The Balaban J connectivity index is 2.43. The van der Waals surface area contributed by atoms with Crippen molar-refractivity contribution in [3.05, 3.63) is 23.3 Å². The van der Waals surface area contributed by atoms with Gasteiger partial charge in [-0.1, -0.05) is 38.0 Å². The number of Topliss-reactive ketones (excluding diaryl/α,β-unsaturated/α-hetero) is 1. The van der Waals surface area contributed by atoms with E-state index in [1.54, 1.807) is 0 Å². The van der Waals surface area contributed by atoms with Crippen LogP contribution in [0.1, 0.15) is 66.7 Å². The number of rotatable bonds is 1. The van der Waals surface area contributed by atoms with Crippen molar-refractivity contribution in [1.29, 1.82) is 0 Å². The molecule has 2 rings (SSSR count). The maximum absolute atomic E-state index is 12.9. The average molecular weight is 302 g/mol. The Morgan fingerprint density at radius 3 is 2.45 bits per heavy atom. The lowest BCUT2D eigenvalue weighted by Gasteiger charge is -2.33. The second-order valence-electron chi connectivity index (χ2n) is 7.92. The lowest BCUT2D eigenvalue weighted by atomic mass is 9.69. The summed E-state index contributed by atoms with van der Waals surface area (Å²) in [6.07, 6.45) is 8.44. The normalized spacial score (nSPS) is 36.5. The molecule has 0 radical (unpaired) electrons. The third kappa shape index (κ3) is 3.26. The van der Waals surface area contributed by atoms with E-state index < -0.39 is 5.41 Å². The van der Waals surface area contributed by atoms with Crippen LogP contribution in [0.4, 0.5) is 0 Å². The average Bonchev–Trinajstić information content (AvgIpc) is 2.67. The van der Waals surface area contributed by atoms with Crippen molar-refractivity contribution in [2.45, 2.75) is 66.7 Å². The highest BCUT2D eigenvalue weighted by Gasteiger charge is 2.53. The van der Waals surface area contributed by atoms with Crippen molar-refractivity contribution in [2.75, 3.05) is 0 Å². The summed E-state index contributed by atoms with van der Waals surface area (Å²) in [6.45, 7) is 10.5. The molecule has 0 aromatic rings. The van der Waals surface area contributed by atoms with E-state index in [0.29, 0.717) is 18.1 Å². The van der Waals surface area contributed by atoms with Gasteiger partial charge < -0.3 is 0 Å². The lowest BCUT2D eigenvalue weighted by molar-refractivity contribution is -0.126. The lowest BCUT2D eigenvalue weighted by Crippen LogP contribution is -2.34. The standard InChI is InChI=1S/C20H30O2/c1-13(2)19-16-10-9-14(3)7-6-8-15(4)11-18(22)20(16,5)12-17(19)21/h7,11,13,16,19H,6,8-10,12H2,1-5H3/b14-7?,15-11-/t16-,19-,20-/m1/s1. The van der Waals surface area contributed by atoms with Gasteiger partial charge >= 0.3 is 0 Å². The van der Waals surface area contributed by atoms with E-state index in [9.17, 15) is 9.59 Å². The highest BCUT2D eigenvalue weighted by Crippen LogP contribution is 2.51. The monoisotopic (exact) mass is 302 g/mol. The van der Waals surface area contributed by atoms with Gasteiger partial charge in [-0.05, 0) is 57.4 Å². The number of ketones is 2. The van der Waals surface area contributed by atoms with Crippen LogP contribution in [-0.2, 0) is 9.59 Å². The van der Waals surface area contributed by atoms with Gasteiger partial charge in [0.1, 0.15) is 5.78 Å². The minimum atomic E-state index is -0.502. The smallest absolute Gasteiger partial charge is 0.162 e. The summed E-state index contributed by atoms with van der Waals surface area (Å²) in [5.41, 5.74) is 2.03. The predicted octanol–water partition coefficient (Wildman–Crippen LogP) is 4.89. The second kappa shape index (κ2) is 6.52. The van der Waals surface area contributed by atoms with Crippen LogP contribution in [-0.4, -0.2) is 11.6 Å². The number of allylic oxidation sites excluding steroid dienone is 4. The maximum Gasteiger partial charge on any atom is 0.162 e. The van der Waals surface area contributed by atoms with E-state index in [2.05, 4.69) is 26.8 Å². The third-order valence-corrected chi connectivity index (χ3v) is 5.70. The van der Waals surface area contributed by atoms with E-state index in [-0.39, 0.29) is 17.6 Å². The molecule has 0 unspecified atom stereocenters. The number of hydrogen-bond donors (Lipinski definition) is 0. The van der Waals surface area contributed by atoms with Crippen LogP contribution in [0.15, 0.2) is 23.3 Å². The van der Waals surface area contributed by atoms with Crippen LogP contribution in [0.3, 0.4) is 0 Å². The van der Waals surface area contributed by atoms with Crippen LogP contribution in [0.25, 0.3) is 0 Å². The maximum atomic E-state index is 12.9. The van der Waals surface area contributed by atoms with E-state index in [1.165, 1.54) is 5.57 Å². The zero-order valence-corrected chi connectivity index (χ0v) is 14.7. The van der Waals surface area contributed by atoms with Crippen molar-refractivity contribution in [2.24, 2.45) is 23.2 Å². The Bertz CT molecular complexity index is 524. The summed E-state index contributed by atoms with van der Waals surface area (Å²) in [7, 11) is 0. The minimum absolute atomic E-state index is 0.0382. The van der Waals surface area contributed by atoms with Crippen LogP contribution >= 0.6 is 0 Å². The molecule has 22 heavy (non-hydrogen) atoms. The molecule has 122 valence electrons. The van der Waals surface area contributed by atoms with Gasteiger partial charge in [-0.25, -0.2) is 0 Å². The first-order valence-corrected chi connectivity index (χ1v) is 8.65. The fraction of sp³-hybridized carbons (Fsp3) is 0.700. The first-order valence-electron chi connectivity index (χ1n) is 8.65. The molecule has 0 N–H and O–H groups in total. The fourth-order valence-electron chi connectivity index (χ4n) is 4.33. The van der Waals surface area contributed by atoms with Crippen LogP contribution in [0.2, 0.25) is 0 Å². The molecule has 2 aliphatic carbocycles. The Hall–Kier alpha value is -1.18. The zero-order chi connectivity index (χ0) is 16.5. The van der Waals surface area contributed by atoms with Gasteiger partial charge in [0, 0.05) is 17.8 Å². The molecule has 0 heterocycles. The van der Waals surface area contributed by atoms with Gasteiger partial charge in [0.25, 0.3) is 0 Å². The van der Waals surface area contributed by atoms with Gasteiger partial charge in [0.2, 0.25) is 0 Å². The van der Waals surface area contributed by atoms with Crippen molar-refractivity contribution < 1.29 is 9.59 Å². The second-order valence-corrected chi connectivity index (χ2v) is 7.92. The molecule has 0 saturated heterocycles. The first kappa shape index (κ1) is 17.2. The van der Waals surface area contributed by atoms with Gasteiger partial charge in [-0.15, -0.1) is 0 Å². The highest BCUT2D eigenvalue weighted by atomic mass is 16.1. The topological polar surface area (TPSA) is 34.1 Å². The molecule has 1 fully saturated rings. The van der Waals surface area contributed by atoms with Crippen molar-refractivity contribution in [1.82, 2.24) is 0 Å². The quantitative estimate of drug-likeness (QED) is 0.646. The predicted molar refractivity (Wildman–Crippen MR) is 90.5 cm³/mol. The molecule has 0 aromatic carbocycles. The molecule has 0 amide bonds. The molecule has 0 spiro atoms. The van der Waals surface area contributed by atoms with Gasteiger partial charge in [0.15, 0.2) is 5.78 Å². The number of hydrogen-bond acceptors (Lipinski definition) is 2. The molecular weight excluding hydrogens is 272 g/mol. The number of carbonyl (C=O) groups is 2. The first-order chi connectivity index (χ1) is 10.3. The largest absolute Gasteiger partial charge is 0.299 e.